The van der Waals surface area contributed by atoms with Crippen LogP contribution in [-0.2, 0) is 4.79 Å². The van der Waals surface area contributed by atoms with E-state index in [0.717, 1.165) is 0 Å². The van der Waals surface area contributed by atoms with Gasteiger partial charge in [-0.2, -0.15) is 0 Å². The smallest absolute Gasteiger partial charge is 0.333 e. The Morgan fingerprint density at radius 3 is 2.09 bits per heavy atom. The second-order valence-electron chi connectivity index (χ2n) is 2.84. The maximum Gasteiger partial charge on any atom is 0.333 e. The molecule has 3 heteroatoms. The minimum Gasteiger partial charge on any atom is -0.479 e. The van der Waals surface area contributed by atoms with Crippen molar-refractivity contribution in [2.45, 2.75) is 20.0 Å². The molecule has 64 valence electrons. The molecule has 1 unspecified atom stereocenters. The third kappa shape index (κ3) is 2.72. The lowest BCUT2D eigenvalue weighted by Gasteiger charge is -2.19. The van der Waals surface area contributed by atoms with Gasteiger partial charge >= 0.3 is 5.97 Å². The fourth-order valence-corrected chi connectivity index (χ4v) is 0.930. The van der Waals surface area contributed by atoms with Gasteiger partial charge in [-0.1, -0.05) is 19.9 Å². The Balaban J connectivity index is 4.25. The summed E-state index contributed by atoms with van der Waals surface area (Å²) < 4.78 is 0. The van der Waals surface area contributed by atoms with E-state index in [1.807, 2.05) is 13.8 Å². The molecule has 0 heterocycles. The van der Waals surface area contributed by atoms with Crippen molar-refractivity contribution in [3.8, 4) is 0 Å². The second-order valence-corrected chi connectivity index (χ2v) is 2.84. The van der Waals surface area contributed by atoms with Gasteiger partial charge in [0.15, 0.2) is 6.10 Å². The molecule has 2 atom stereocenters. The van der Waals surface area contributed by atoms with Crippen LogP contribution in [0.1, 0.15) is 13.8 Å². The Bertz CT molecular complexity index is 151. The predicted molar refractivity (Wildman–Crippen MR) is 42.2 cm³/mol. The number of rotatable bonds is 4. The summed E-state index contributed by atoms with van der Waals surface area (Å²) >= 11 is 0. The van der Waals surface area contributed by atoms with Crippen LogP contribution < -0.4 is 0 Å². The molecule has 0 aliphatic carbocycles. The molecule has 0 rings (SSSR count). The third-order valence-electron chi connectivity index (χ3n) is 1.66. The van der Waals surface area contributed by atoms with Gasteiger partial charge in [-0.25, -0.2) is 4.79 Å². The Morgan fingerprint density at radius 2 is 2.00 bits per heavy atom. The van der Waals surface area contributed by atoms with Gasteiger partial charge < -0.3 is 10.2 Å². The van der Waals surface area contributed by atoms with Gasteiger partial charge in [0.1, 0.15) is 0 Å². The number of aliphatic carboxylic acids is 1. The molecule has 3 nitrogen and oxygen atoms in total. The van der Waals surface area contributed by atoms with Crippen molar-refractivity contribution in [3.05, 3.63) is 12.7 Å². The van der Waals surface area contributed by atoms with Gasteiger partial charge in [0.05, 0.1) is 0 Å². The highest BCUT2D eigenvalue weighted by Gasteiger charge is 2.25. The first-order chi connectivity index (χ1) is 5.00. The Kier molecular flexibility index (Phi) is 3.82. The van der Waals surface area contributed by atoms with Crippen molar-refractivity contribution in [1.29, 1.82) is 0 Å². The highest BCUT2D eigenvalue weighted by atomic mass is 16.4. The van der Waals surface area contributed by atoms with Crippen LogP contribution in [-0.4, -0.2) is 22.3 Å². The summed E-state index contributed by atoms with van der Waals surface area (Å²) in [5.74, 6) is -1.46. The number of carboxylic acids is 1. The molecule has 0 aliphatic rings. The van der Waals surface area contributed by atoms with E-state index in [-0.39, 0.29) is 11.8 Å². The van der Waals surface area contributed by atoms with Crippen LogP contribution in [0.15, 0.2) is 12.7 Å². The van der Waals surface area contributed by atoms with E-state index in [9.17, 15) is 4.79 Å². The predicted octanol–water partition coefficient (Wildman–Crippen LogP) is 0.890. The topological polar surface area (TPSA) is 57.5 Å². The number of aliphatic hydroxyl groups is 1. The zero-order valence-corrected chi connectivity index (χ0v) is 6.82. The lowest BCUT2D eigenvalue weighted by atomic mass is 9.90. The van der Waals surface area contributed by atoms with Crippen LogP contribution in [0.4, 0.5) is 0 Å². The van der Waals surface area contributed by atoms with Crippen molar-refractivity contribution >= 4 is 5.97 Å². The number of aliphatic hydroxyl groups excluding tert-OH is 1. The summed E-state index contributed by atoms with van der Waals surface area (Å²) in [6, 6.07) is 0. The summed E-state index contributed by atoms with van der Waals surface area (Å²) in [6.45, 7) is 7.15. The Labute approximate surface area is 66.4 Å². The van der Waals surface area contributed by atoms with E-state index in [1.165, 1.54) is 6.08 Å². The van der Waals surface area contributed by atoms with E-state index in [2.05, 4.69) is 6.58 Å². The molecule has 0 saturated heterocycles. The average Bonchev–Trinajstić information content (AvgIpc) is 1.88. The first-order valence-electron chi connectivity index (χ1n) is 3.54. The van der Waals surface area contributed by atoms with Crippen LogP contribution in [0, 0.1) is 11.8 Å². The van der Waals surface area contributed by atoms with Gasteiger partial charge in [-0.05, 0) is 5.92 Å². The summed E-state index contributed by atoms with van der Waals surface area (Å²) in [6.07, 6.45) is 0.149. The third-order valence-corrected chi connectivity index (χ3v) is 1.66. The summed E-state index contributed by atoms with van der Waals surface area (Å²) in [4.78, 5) is 10.3. The van der Waals surface area contributed by atoms with Gasteiger partial charge in [0.25, 0.3) is 0 Å². The molecule has 0 aromatic rings. The number of carboxylic acid groups (broad SMARTS) is 1. The van der Waals surface area contributed by atoms with Crippen LogP contribution in [0.5, 0.6) is 0 Å². The van der Waals surface area contributed by atoms with E-state index >= 15 is 0 Å². The van der Waals surface area contributed by atoms with Gasteiger partial charge in [-0.3, -0.25) is 0 Å². The SMILES string of the molecule is C=CC(C(C)C)[C@H](O)C(=O)O. The van der Waals surface area contributed by atoms with E-state index in [4.69, 9.17) is 10.2 Å². The number of hydrogen-bond acceptors (Lipinski definition) is 2. The Morgan fingerprint density at radius 1 is 1.55 bits per heavy atom. The largest absolute Gasteiger partial charge is 0.479 e. The molecule has 0 aromatic heterocycles. The number of hydrogen-bond donors (Lipinski definition) is 2. The van der Waals surface area contributed by atoms with E-state index in [0.29, 0.717) is 0 Å². The van der Waals surface area contributed by atoms with Crippen molar-refractivity contribution in [3.63, 3.8) is 0 Å². The van der Waals surface area contributed by atoms with Gasteiger partial charge in [0.2, 0.25) is 0 Å². The fraction of sp³-hybridized carbons (Fsp3) is 0.625. The first-order valence-corrected chi connectivity index (χ1v) is 3.54. The molecule has 0 aliphatic heterocycles. The van der Waals surface area contributed by atoms with Crippen LogP contribution >= 0.6 is 0 Å². The molecule has 0 aromatic carbocycles. The quantitative estimate of drug-likeness (QED) is 0.597. The molecular weight excluding hydrogens is 144 g/mol. The maximum atomic E-state index is 10.3. The molecule has 0 amide bonds. The van der Waals surface area contributed by atoms with Crippen molar-refractivity contribution in [2.75, 3.05) is 0 Å². The summed E-state index contributed by atoms with van der Waals surface area (Å²) in [5, 5.41) is 17.5. The standard InChI is InChI=1S/C8H14O3/c1-4-6(5(2)3)7(9)8(10)11/h4-7,9H,1H2,2-3H3,(H,10,11)/t6?,7-/m0/s1. The lowest BCUT2D eigenvalue weighted by molar-refractivity contribution is -0.149. The van der Waals surface area contributed by atoms with Crippen molar-refractivity contribution in [1.82, 2.24) is 0 Å². The fourth-order valence-electron chi connectivity index (χ4n) is 0.930. The minimum absolute atomic E-state index is 0.0959. The molecule has 0 fully saturated rings. The Hall–Kier alpha value is -0.830. The molecule has 0 spiro atoms. The molecular formula is C8H14O3. The zero-order valence-electron chi connectivity index (χ0n) is 6.82. The van der Waals surface area contributed by atoms with E-state index in [1.54, 1.807) is 0 Å². The second kappa shape index (κ2) is 4.13. The summed E-state index contributed by atoms with van der Waals surface area (Å²) in [7, 11) is 0. The number of carbonyl (C=O) groups is 1. The van der Waals surface area contributed by atoms with Crippen LogP contribution in [0.3, 0.4) is 0 Å². The highest BCUT2D eigenvalue weighted by molar-refractivity contribution is 5.72. The lowest BCUT2D eigenvalue weighted by Crippen LogP contribution is -2.31. The minimum atomic E-state index is -1.33. The van der Waals surface area contributed by atoms with Crippen LogP contribution in [0.25, 0.3) is 0 Å². The van der Waals surface area contributed by atoms with Gasteiger partial charge in [-0.15, -0.1) is 6.58 Å². The van der Waals surface area contributed by atoms with Crippen molar-refractivity contribution < 1.29 is 15.0 Å². The maximum absolute atomic E-state index is 10.3. The summed E-state index contributed by atoms with van der Waals surface area (Å²) in [5.41, 5.74) is 0. The molecule has 2 N–H and O–H groups in total. The normalized spacial score (nSPS) is 16.0. The molecule has 0 bridgehead atoms. The molecule has 0 saturated carbocycles. The average molecular weight is 158 g/mol. The molecule has 0 radical (unpaired) electrons. The highest BCUT2D eigenvalue weighted by Crippen LogP contribution is 2.16. The van der Waals surface area contributed by atoms with Crippen LogP contribution in [0.2, 0.25) is 0 Å². The first kappa shape index (κ1) is 10.2. The molecule has 11 heavy (non-hydrogen) atoms. The van der Waals surface area contributed by atoms with Gasteiger partial charge in [0, 0.05) is 5.92 Å². The van der Waals surface area contributed by atoms with E-state index < -0.39 is 12.1 Å². The zero-order chi connectivity index (χ0) is 9.02. The van der Waals surface area contributed by atoms with Crippen molar-refractivity contribution in [2.24, 2.45) is 11.8 Å². The monoisotopic (exact) mass is 158 g/mol.